The molecule has 0 N–H and O–H groups in total. The van der Waals surface area contributed by atoms with Crippen LogP contribution >= 0.6 is 27.5 Å². The van der Waals surface area contributed by atoms with Gasteiger partial charge < -0.3 is 0 Å². The zero-order valence-electron chi connectivity index (χ0n) is 7.57. The zero-order chi connectivity index (χ0) is 10.1. The summed E-state index contributed by atoms with van der Waals surface area (Å²) < 4.78 is 12.8. The van der Waals surface area contributed by atoms with E-state index in [1.807, 2.05) is 0 Å². The number of hydrogen-bond donors (Lipinski definition) is 0. The molecule has 0 bridgehead atoms. The molecule has 0 fully saturated rings. The Bertz CT molecular complexity index is 310. The van der Waals surface area contributed by atoms with Gasteiger partial charge in [0, 0.05) is 5.33 Å². The summed E-state index contributed by atoms with van der Waals surface area (Å²) >= 11 is 9.10. The predicted molar refractivity (Wildman–Crippen MR) is 58.2 cm³/mol. The third-order valence-corrected chi connectivity index (χ3v) is 3.73. The van der Waals surface area contributed by atoms with Crippen LogP contribution in [0.25, 0.3) is 0 Å². The van der Waals surface area contributed by atoms with Crippen molar-refractivity contribution in [1.82, 2.24) is 0 Å². The molecular formula is C10H11BrClF. The SMILES string of the molecule is CC(C)(CBr)c1ccc(F)c(Cl)c1. The average molecular weight is 266 g/mol. The third kappa shape index (κ3) is 2.44. The molecule has 0 saturated heterocycles. The summed E-state index contributed by atoms with van der Waals surface area (Å²) in [6, 6.07) is 4.85. The van der Waals surface area contributed by atoms with Crippen molar-refractivity contribution < 1.29 is 4.39 Å². The lowest BCUT2D eigenvalue weighted by atomic mass is 9.87. The van der Waals surface area contributed by atoms with Gasteiger partial charge in [0.05, 0.1) is 5.02 Å². The first kappa shape index (κ1) is 11.0. The van der Waals surface area contributed by atoms with Gasteiger partial charge in [-0.2, -0.15) is 0 Å². The summed E-state index contributed by atoms with van der Waals surface area (Å²) in [7, 11) is 0. The lowest BCUT2D eigenvalue weighted by Gasteiger charge is -2.22. The molecule has 3 heteroatoms. The van der Waals surface area contributed by atoms with Crippen molar-refractivity contribution in [2.45, 2.75) is 19.3 Å². The first-order valence-corrected chi connectivity index (χ1v) is 5.49. The monoisotopic (exact) mass is 264 g/mol. The highest BCUT2D eigenvalue weighted by atomic mass is 79.9. The maximum atomic E-state index is 12.8. The minimum atomic E-state index is -0.365. The Kier molecular flexibility index (Phi) is 3.36. The number of hydrogen-bond acceptors (Lipinski definition) is 0. The molecule has 0 aromatic heterocycles. The van der Waals surface area contributed by atoms with E-state index >= 15 is 0 Å². The molecule has 1 rings (SSSR count). The lowest BCUT2D eigenvalue weighted by Crippen LogP contribution is -2.18. The van der Waals surface area contributed by atoms with Crippen molar-refractivity contribution in [2.75, 3.05) is 5.33 Å². The Labute approximate surface area is 91.2 Å². The van der Waals surface area contributed by atoms with Crippen LogP contribution in [0.1, 0.15) is 19.4 Å². The molecule has 1 aromatic carbocycles. The molecule has 0 saturated carbocycles. The Morgan fingerprint density at radius 3 is 2.54 bits per heavy atom. The second kappa shape index (κ2) is 3.97. The van der Waals surface area contributed by atoms with E-state index in [9.17, 15) is 4.39 Å². The maximum Gasteiger partial charge on any atom is 0.141 e. The molecule has 0 aliphatic carbocycles. The van der Waals surface area contributed by atoms with Crippen LogP contribution in [0.2, 0.25) is 5.02 Å². The van der Waals surface area contributed by atoms with Crippen LogP contribution in [0.5, 0.6) is 0 Å². The fourth-order valence-corrected chi connectivity index (χ4v) is 1.50. The zero-order valence-corrected chi connectivity index (χ0v) is 9.91. The topological polar surface area (TPSA) is 0 Å². The van der Waals surface area contributed by atoms with E-state index in [2.05, 4.69) is 29.8 Å². The molecule has 0 unspecified atom stereocenters. The summed E-state index contributed by atoms with van der Waals surface area (Å²) in [5.74, 6) is -0.365. The first-order valence-electron chi connectivity index (χ1n) is 3.99. The molecule has 0 atom stereocenters. The van der Waals surface area contributed by atoms with Crippen molar-refractivity contribution >= 4 is 27.5 Å². The Balaban J connectivity index is 3.10. The number of benzene rings is 1. The summed E-state index contributed by atoms with van der Waals surface area (Å²) in [4.78, 5) is 0. The van der Waals surface area contributed by atoms with Crippen molar-refractivity contribution in [3.63, 3.8) is 0 Å². The van der Waals surface area contributed by atoms with Crippen molar-refractivity contribution in [2.24, 2.45) is 0 Å². The van der Waals surface area contributed by atoms with E-state index in [4.69, 9.17) is 11.6 Å². The van der Waals surface area contributed by atoms with Gasteiger partial charge in [-0.25, -0.2) is 4.39 Å². The van der Waals surface area contributed by atoms with Crippen molar-refractivity contribution in [1.29, 1.82) is 0 Å². The molecule has 13 heavy (non-hydrogen) atoms. The summed E-state index contributed by atoms with van der Waals surface area (Å²) in [5.41, 5.74) is 1.02. The number of rotatable bonds is 2. The van der Waals surface area contributed by atoms with Crippen LogP contribution in [0.3, 0.4) is 0 Å². The van der Waals surface area contributed by atoms with Gasteiger partial charge in [0.25, 0.3) is 0 Å². The third-order valence-electron chi connectivity index (χ3n) is 2.04. The van der Waals surface area contributed by atoms with Crippen LogP contribution in [-0.2, 0) is 5.41 Å². The molecule has 0 spiro atoms. The van der Waals surface area contributed by atoms with Crippen molar-refractivity contribution in [3.05, 3.63) is 34.6 Å². The Hall–Kier alpha value is -0.0800. The second-order valence-electron chi connectivity index (χ2n) is 3.65. The van der Waals surface area contributed by atoms with Crippen LogP contribution in [0.15, 0.2) is 18.2 Å². The fourth-order valence-electron chi connectivity index (χ4n) is 0.994. The average Bonchev–Trinajstić information content (AvgIpc) is 2.09. The largest absolute Gasteiger partial charge is 0.205 e. The quantitative estimate of drug-likeness (QED) is 0.705. The molecule has 1 aromatic rings. The van der Waals surface area contributed by atoms with Crippen LogP contribution < -0.4 is 0 Å². The van der Waals surface area contributed by atoms with E-state index < -0.39 is 0 Å². The van der Waals surface area contributed by atoms with E-state index in [1.54, 1.807) is 12.1 Å². The molecule has 0 radical (unpaired) electrons. The van der Waals surface area contributed by atoms with Gasteiger partial charge in [-0.05, 0) is 23.1 Å². The maximum absolute atomic E-state index is 12.8. The van der Waals surface area contributed by atoms with Crippen molar-refractivity contribution in [3.8, 4) is 0 Å². The highest BCUT2D eigenvalue weighted by Gasteiger charge is 2.19. The van der Waals surface area contributed by atoms with E-state index in [0.717, 1.165) is 10.9 Å². The fraction of sp³-hybridized carbons (Fsp3) is 0.400. The molecule has 0 heterocycles. The molecule has 0 nitrogen and oxygen atoms in total. The summed E-state index contributed by atoms with van der Waals surface area (Å²) in [6.07, 6.45) is 0. The minimum Gasteiger partial charge on any atom is -0.205 e. The van der Waals surface area contributed by atoms with Gasteiger partial charge in [0.2, 0.25) is 0 Å². The van der Waals surface area contributed by atoms with Gasteiger partial charge in [0.15, 0.2) is 0 Å². The van der Waals surface area contributed by atoms with Crippen LogP contribution in [-0.4, -0.2) is 5.33 Å². The summed E-state index contributed by atoms with van der Waals surface area (Å²) in [6.45, 7) is 4.15. The molecule has 0 amide bonds. The first-order chi connectivity index (χ1) is 5.97. The predicted octanol–water partition coefficient (Wildman–Crippen LogP) is 4.15. The minimum absolute atomic E-state index is 0.0165. The molecule has 0 aliphatic heterocycles. The normalized spacial score (nSPS) is 11.8. The Morgan fingerprint density at radius 1 is 1.46 bits per heavy atom. The number of halogens is 3. The molecule has 0 aliphatic rings. The molecule has 72 valence electrons. The highest BCUT2D eigenvalue weighted by Crippen LogP contribution is 2.28. The van der Waals surface area contributed by atoms with E-state index in [-0.39, 0.29) is 16.3 Å². The standard InChI is InChI=1S/C10H11BrClF/c1-10(2,6-11)7-3-4-9(13)8(12)5-7/h3-5H,6H2,1-2H3. The second-order valence-corrected chi connectivity index (χ2v) is 4.61. The van der Waals surface area contributed by atoms with E-state index in [1.165, 1.54) is 6.07 Å². The van der Waals surface area contributed by atoms with Gasteiger partial charge in [-0.3, -0.25) is 0 Å². The van der Waals surface area contributed by atoms with Gasteiger partial charge >= 0.3 is 0 Å². The summed E-state index contributed by atoms with van der Waals surface area (Å²) in [5, 5.41) is 1.01. The van der Waals surface area contributed by atoms with Gasteiger partial charge in [-0.1, -0.05) is 47.4 Å². The van der Waals surface area contributed by atoms with E-state index in [0.29, 0.717) is 0 Å². The lowest BCUT2D eigenvalue weighted by molar-refractivity contribution is 0.596. The molecular weight excluding hydrogens is 254 g/mol. The smallest absolute Gasteiger partial charge is 0.141 e. The van der Waals surface area contributed by atoms with Gasteiger partial charge in [-0.15, -0.1) is 0 Å². The van der Waals surface area contributed by atoms with Crippen LogP contribution in [0.4, 0.5) is 4.39 Å². The Morgan fingerprint density at radius 2 is 2.08 bits per heavy atom. The number of alkyl halides is 1. The highest BCUT2D eigenvalue weighted by molar-refractivity contribution is 9.09. The van der Waals surface area contributed by atoms with Crippen LogP contribution in [0, 0.1) is 5.82 Å². The van der Waals surface area contributed by atoms with Gasteiger partial charge in [0.1, 0.15) is 5.82 Å².